The van der Waals surface area contributed by atoms with Crippen molar-refractivity contribution in [2.24, 2.45) is 0 Å². The first-order valence-corrected chi connectivity index (χ1v) is 13.5. The largest absolute Gasteiger partial charge is 0.494 e. The molecule has 0 radical (unpaired) electrons. The molecule has 10 nitrogen and oxygen atoms in total. The number of anilines is 2. The van der Waals surface area contributed by atoms with Gasteiger partial charge in [0, 0.05) is 10.7 Å². The molecule has 0 spiro atoms. The number of imide groups is 2. The van der Waals surface area contributed by atoms with Crippen LogP contribution in [0.15, 0.2) is 64.6 Å². The molecule has 5 amide bonds. The topological polar surface area (TPSA) is 123 Å². The number of benzene rings is 3. The molecular formula is C29H25BrClN3O7. The van der Waals surface area contributed by atoms with Crippen LogP contribution in [-0.4, -0.2) is 44.1 Å². The third-order valence-corrected chi connectivity index (χ3v) is 6.87. The predicted octanol–water partition coefficient (Wildman–Crippen LogP) is 5.50. The molecule has 3 aromatic rings. The summed E-state index contributed by atoms with van der Waals surface area (Å²) in [6, 6.07) is 13.7. The van der Waals surface area contributed by atoms with E-state index in [1.807, 2.05) is 13.8 Å². The second-order valence-corrected chi connectivity index (χ2v) is 9.98. The summed E-state index contributed by atoms with van der Waals surface area (Å²) in [7, 11) is 1.41. The lowest BCUT2D eigenvalue weighted by Gasteiger charge is -2.26. The average molecular weight is 643 g/mol. The molecule has 0 aliphatic carbocycles. The summed E-state index contributed by atoms with van der Waals surface area (Å²) < 4.78 is 16.9. The first-order chi connectivity index (χ1) is 19.6. The van der Waals surface area contributed by atoms with Crippen molar-refractivity contribution in [2.45, 2.75) is 13.8 Å². The van der Waals surface area contributed by atoms with E-state index in [0.29, 0.717) is 33.1 Å². The SMILES string of the molecule is CCOc1ccc(N2C(=O)NC(=O)/C(=C\c3cc(Br)c(OCC(=O)Nc4ccc(C)c(Cl)c4)c(OC)c3)C2=O)cc1. The number of urea groups is 1. The molecule has 1 heterocycles. The van der Waals surface area contributed by atoms with Gasteiger partial charge in [-0.15, -0.1) is 0 Å². The van der Waals surface area contributed by atoms with Gasteiger partial charge in [-0.3, -0.25) is 19.7 Å². The van der Waals surface area contributed by atoms with Crippen molar-refractivity contribution in [1.82, 2.24) is 5.32 Å². The van der Waals surface area contributed by atoms with Crippen molar-refractivity contribution >= 4 is 68.7 Å². The Morgan fingerprint density at radius 2 is 1.80 bits per heavy atom. The van der Waals surface area contributed by atoms with E-state index in [1.54, 1.807) is 48.5 Å². The molecule has 0 atom stereocenters. The number of nitrogens with one attached hydrogen (secondary N) is 2. The summed E-state index contributed by atoms with van der Waals surface area (Å²) in [4.78, 5) is 51.7. The number of hydrogen-bond acceptors (Lipinski definition) is 7. The van der Waals surface area contributed by atoms with Crippen molar-refractivity contribution < 1.29 is 33.4 Å². The molecule has 1 fully saturated rings. The highest BCUT2D eigenvalue weighted by atomic mass is 79.9. The molecule has 1 aliphatic heterocycles. The van der Waals surface area contributed by atoms with Crippen LogP contribution >= 0.6 is 27.5 Å². The molecule has 12 heteroatoms. The summed E-state index contributed by atoms with van der Waals surface area (Å²) in [6.07, 6.45) is 1.33. The molecule has 0 unspecified atom stereocenters. The van der Waals surface area contributed by atoms with E-state index in [1.165, 1.54) is 19.3 Å². The van der Waals surface area contributed by atoms with E-state index in [2.05, 4.69) is 26.6 Å². The fraction of sp³-hybridized carbons (Fsp3) is 0.172. The fourth-order valence-electron chi connectivity index (χ4n) is 3.89. The van der Waals surface area contributed by atoms with Crippen LogP contribution in [0.25, 0.3) is 6.08 Å². The van der Waals surface area contributed by atoms with E-state index >= 15 is 0 Å². The molecular weight excluding hydrogens is 618 g/mol. The maximum atomic E-state index is 13.3. The van der Waals surface area contributed by atoms with Crippen LogP contribution in [0, 0.1) is 6.92 Å². The van der Waals surface area contributed by atoms with Gasteiger partial charge in [0.1, 0.15) is 11.3 Å². The van der Waals surface area contributed by atoms with Gasteiger partial charge in [0.15, 0.2) is 18.1 Å². The molecule has 0 saturated carbocycles. The minimum Gasteiger partial charge on any atom is -0.494 e. The Balaban J connectivity index is 1.53. The molecule has 4 rings (SSSR count). The Morgan fingerprint density at radius 3 is 2.46 bits per heavy atom. The number of barbiturate groups is 1. The van der Waals surface area contributed by atoms with Crippen molar-refractivity contribution in [3.63, 3.8) is 0 Å². The van der Waals surface area contributed by atoms with Gasteiger partial charge in [0.25, 0.3) is 17.7 Å². The van der Waals surface area contributed by atoms with E-state index in [-0.39, 0.29) is 29.4 Å². The molecule has 3 aromatic carbocycles. The number of methoxy groups -OCH3 is 1. The smallest absolute Gasteiger partial charge is 0.335 e. The second kappa shape index (κ2) is 12.9. The number of ether oxygens (including phenoxy) is 3. The summed E-state index contributed by atoms with van der Waals surface area (Å²) in [5, 5.41) is 5.42. The normalized spacial score (nSPS) is 14.1. The molecule has 2 N–H and O–H groups in total. The van der Waals surface area contributed by atoms with Gasteiger partial charge in [-0.25, -0.2) is 9.69 Å². The standard InChI is InChI=1S/C29H25BrClN3O7/c1-4-40-20-9-7-19(8-10-20)34-28(37)21(27(36)33-29(34)38)11-17-12-22(30)26(24(13-17)39-3)41-15-25(35)32-18-6-5-16(2)23(31)14-18/h5-14H,4,15H2,1-3H3,(H,32,35)(H,33,36,38)/b21-11+. The summed E-state index contributed by atoms with van der Waals surface area (Å²) >= 11 is 9.52. The first-order valence-electron chi connectivity index (χ1n) is 12.3. The Kier molecular flexibility index (Phi) is 9.31. The van der Waals surface area contributed by atoms with Crippen LogP contribution in [-0.2, 0) is 14.4 Å². The zero-order chi connectivity index (χ0) is 29.7. The van der Waals surface area contributed by atoms with Crippen LogP contribution in [0.1, 0.15) is 18.1 Å². The van der Waals surface area contributed by atoms with Gasteiger partial charge in [0.2, 0.25) is 0 Å². The van der Waals surface area contributed by atoms with Gasteiger partial charge < -0.3 is 19.5 Å². The van der Waals surface area contributed by atoms with Crippen molar-refractivity contribution in [1.29, 1.82) is 0 Å². The summed E-state index contributed by atoms with van der Waals surface area (Å²) in [6.45, 7) is 3.82. The van der Waals surface area contributed by atoms with Crippen molar-refractivity contribution in [3.8, 4) is 17.2 Å². The lowest BCUT2D eigenvalue weighted by molar-refractivity contribution is -0.122. The number of carbonyl (C=O) groups is 4. The molecule has 1 saturated heterocycles. The highest BCUT2D eigenvalue weighted by Crippen LogP contribution is 2.37. The van der Waals surface area contributed by atoms with Crippen molar-refractivity contribution in [2.75, 3.05) is 30.5 Å². The van der Waals surface area contributed by atoms with Crippen LogP contribution in [0.2, 0.25) is 5.02 Å². The van der Waals surface area contributed by atoms with Crippen LogP contribution < -0.4 is 29.7 Å². The lowest BCUT2D eigenvalue weighted by Crippen LogP contribution is -2.54. The van der Waals surface area contributed by atoms with Gasteiger partial charge in [-0.05, 0) is 95.5 Å². The number of aryl methyl sites for hydroxylation is 1. The second-order valence-electron chi connectivity index (χ2n) is 8.72. The van der Waals surface area contributed by atoms with Crippen LogP contribution in [0.5, 0.6) is 17.2 Å². The third-order valence-electron chi connectivity index (χ3n) is 5.87. The molecule has 0 aromatic heterocycles. The number of rotatable bonds is 9. The van der Waals surface area contributed by atoms with E-state index in [4.69, 9.17) is 25.8 Å². The van der Waals surface area contributed by atoms with E-state index in [0.717, 1.165) is 10.5 Å². The zero-order valence-corrected chi connectivity index (χ0v) is 24.6. The summed E-state index contributed by atoms with van der Waals surface area (Å²) in [5.74, 6) is -1.02. The third kappa shape index (κ3) is 6.87. The lowest BCUT2D eigenvalue weighted by atomic mass is 10.1. The first kappa shape index (κ1) is 29.6. The number of hydrogen-bond donors (Lipinski definition) is 2. The van der Waals surface area contributed by atoms with Gasteiger partial charge >= 0.3 is 6.03 Å². The van der Waals surface area contributed by atoms with Gasteiger partial charge in [-0.1, -0.05) is 17.7 Å². The van der Waals surface area contributed by atoms with Crippen molar-refractivity contribution in [3.05, 3.63) is 80.8 Å². The zero-order valence-electron chi connectivity index (χ0n) is 22.2. The number of nitrogens with zero attached hydrogens (tertiary/aromatic N) is 1. The number of halogens is 2. The molecule has 212 valence electrons. The van der Waals surface area contributed by atoms with Gasteiger partial charge in [-0.2, -0.15) is 0 Å². The quantitative estimate of drug-likeness (QED) is 0.233. The number of amides is 5. The van der Waals surface area contributed by atoms with E-state index < -0.39 is 23.8 Å². The minimum atomic E-state index is -0.866. The monoisotopic (exact) mass is 641 g/mol. The fourth-order valence-corrected chi connectivity index (χ4v) is 4.64. The Labute approximate surface area is 249 Å². The van der Waals surface area contributed by atoms with Gasteiger partial charge in [0.05, 0.1) is 23.9 Å². The molecule has 1 aliphatic rings. The van der Waals surface area contributed by atoms with E-state index in [9.17, 15) is 19.2 Å². The summed E-state index contributed by atoms with van der Waals surface area (Å²) in [5.41, 5.74) is 1.81. The van der Waals surface area contributed by atoms with Crippen LogP contribution in [0.3, 0.4) is 0 Å². The Bertz CT molecular complexity index is 1560. The predicted molar refractivity (Wildman–Crippen MR) is 158 cm³/mol. The highest BCUT2D eigenvalue weighted by molar-refractivity contribution is 9.10. The van der Waals surface area contributed by atoms with Crippen LogP contribution in [0.4, 0.5) is 16.2 Å². The Hall–Kier alpha value is -4.35. The molecule has 41 heavy (non-hydrogen) atoms. The Morgan fingerprint density at radius 1 is 1.07 bits per heavy atom. The average Bonchev–Trinajstić information content (AvgIpc) is 2.93. The molecule has 0 bridgehead atoms. The maximum absolute atomic E-state index is 13.3. The minimum absolute atomic E-state index is 0.234. The maximum Gasteiger partial charge on any atom is 0.335 e. The number of carbonyl (C=O) groups excluding carboxylic acids is 4. The highest BCUT2D eigenvalue weighted by Gasteiger charge is 2.37.